The van der Waals surface area contributed by atoms with E-state index >= 15 is 0 Å². The molecule has 0 atom stereocenters. The average molecular weight is 357 g/mol. The van der Waals surface area contributed by atoms with Crippen molar-refractivity contribution in [2.75, 3.05) is 12.9 Å². The lowest BCUT2D eigenvalue weighted by atomic mass is 10.0. The second-order valence-corrected chi connectivity index (χ2v) is 8.22. The topological polar surface area (TPSA) is 72.5 Å². The number of benzene rings is 1. The number of hydrogen-bond acceptors (Lipinski definition) is 4. The first kappa shape index (κ1) is 18.7. The molecule has 24 heavy (non-hydrogen) atoms. The Kier molecular flexibility index (Phi) is 6.21. The molecule has 0 aliphatic heterocycles. The highest BCUT2D eigenvalue weighted by Crippen LogP contribution is 2.26. The molecule has 1 amide bonds. The van der Waals surface area contributed by atoms with Crippen molar-refractivity contribution in [1.82, 2.24) is 4.72 Å². The van der Waals surface area contributed by atoms with Crippen LogP contribution in [0.1, 0.15) is 54.4 Å². The van der Waals surface area contributed by atoms with Crippen molar-refractivity contribution in [3.05, 3.63) is 29.1 Å². The fourth-order valence-corrected chi connectivity index (χ4v) is 3.40. The summed E-state index contributed by atoms with van der Waals surface area (Å²) in [7, 11) is -3.74. The Labute approximate surface area is 142 Å². The van der Waals surface area contributed by atoms with Gasteiger partial charge in [-0.1, -0.05) is 25.7 Å². The molecule has 1 aromatic rings. The van der Waals surface area contributed by atoms with E-state index in [1.165, 1.54) is 31.7 Å². The highest BCUT2D eigenvalue weighted by Gasteiger charge is 2.19. The molecule has 1 N–H and O–H groups in total. The highest BCUT2D eigenvalue weighted by molar-refractivity contribution is 7.89. The van der Waals surface area contributed by atoms with Gasteiger partial charge in [0.05, 0.1) is 18.4 Å². The molecule has 0 unspecified atom stereocenters. The first-order valence-electron chi connectivity index (χ1n) is 8.21. The van der Waals surface area contributed by atoms with Crippen molar-refractivity contribution in [1.29, 1.82) is 0 Å². The first-order valence-corrected chi connectivity index (χ1v) is 10.1. The second-order valence-electron chi connectivity index (χ2n) is 6.47. The van der Waals surface area contributed by atoms with Crippen molar-refractivity contribution in [2.24, 2.45) is 5.92 Å². The monoisotopic (exact) mass is 357 g/mol. The number of aryl methyl sites for hydroxylation is 1. The third-order valence-electron chi connectivity index (χ3n) is 4.24. The minimum absolute atomic E-state index is 0.306. The third-order valence-corrected chi connectivity index (χ3v) is 4.79. The van der Waals surface area contributed by atoms with Crippen LogP contribution in [0.5, 0.6) is 5.75 Å². The Balaban J connectivity index is 2.07. The van der Waals surface area contributed by atoms with Gasteiger partial charge in [-0.2, -0.15) is 0 Å². The minimum atomic E-state index is -3.74. The van der Waals surface area contributed by atoms with Gasteiger partial charge in [0.25, 0.3) is 5.91 Å². The lowest BCUT2D eigenvalue weighted by molar-refractivity contribution is 0.0977. The summed E-state index contributed by atoms with van der Waals surface area (Å²) < 4.78 is 43.9. The predicted octanol–water partition coefficient (Wildman–Crippen LogP) is 3.17. The SMILES string of the molecule is Cc1cc(C(=O)NS(C)(=O)=O)c(F)cc1OCC1CCCCCC1. The van der Waals surface area contributed by atoms with Crippen molar-refractivity contribution < 1.29 is 22.3 Å². The molecule has 0 radical (unpaired) electrons. The number of halogens is 1. The molecule has 7 heteroatoms. The molecule has 0 heterocycles. The van der Waals surface area contributed by atoms with E-state index in [0.29, 0.717) is 23.8 Å². The smallest absolute Gasteiger partial charge is 0.267 e. The quantitative estimate of drug-likeness (QED) is 0.822. The molecule has 1 saturated carbocycles. The number of sulfonamides is 1. The Morgan fingerprint density at radius 1 is 1.25 bits per heavy atom. The highest BCUT2D eigenvalue weighted by atomic mass is 32.2. The summed E-state index contributed by atoms with van der Waals surface area (Å²) in [5.74, 6) is -0.901. The normalized spacial score (nSPS) is 16.5. The number of hydrogen-bond donors (Lipinski definition) is 1. The molecule has 1 aliphatic carbocycles. The molecule has 0 bridgehead atoms. The van der Waals surface area contributed by atoms with Crippen LogP contribution in [0.25, 0.3) is 0 Å². The van der Waals surface area contributed by atoms with Crippen molar-refractivity contribution in [3.8, 4) is 5.75 Å². The van der Waals surface area contributed by atoms with Crippen molar-refractivity contribution in [3.63, 3.8) is 0 Å². The Morgan fingerprint density at radius 2 is 1.88 bits per heavy atom. The van der Waals surface area contributed by atoms with Gasteiger partial charge in [0, 0.05) is 6.07 Å². The van der Waals surface area contributed by atoms with E-state index in [9.17, 15) is 17.6 Å². The molecular formula is C17H24FNO4S. The van der Waals surface area contributed by atoms with E-state index < -0.39 is 21.7 Å². The van der Waals surface area contributed by atoms with Gasteiger partial charge >= 0.3 is 0 Å². The van der Waals surface area contributed by atoms with Crippen LogP contribution in [0.4, 0.5) is 4.39 Å². The summed E-state index contributed by atoms with van der Waals surface area (Å²) in [6.07, 6.45) is 8.01. The van der Waals surface area contributed by atoms with Gasteiger partial charge in [0.1, 0.15) is 11.6 Å². The summed E-state index contributed by atoms with van der Waals surface area (Å²) in [6.45, 7) is 2.24. The lowest BCUT2D eigenvalue weighted by Gasteiger charge is -2.17. The molecule has 5 nitrogen and oxygen atoms in total. The van der Waals surface area contributed by atoms with Crippen LogP contribution in [-0.4, -0.2) is 27.2 Å². The Morgan fingerprint density at radius 3 is 2.46 bits per heavy atom. The van der Waals surface area contributed by atoms with Crippen LogP contribution in [-0.2, 0) is 10.0 Å². The average Bonchev–Trinajstić information content (AvgIpc) is 2.74. The zero-order valence-corrected chi connectivity index (χ0v) is 14.9. The standard InChI is InChI=1S/C17H24FNO4S/c1-12-9-14(17(20)19-24(2,21)22)15(18)10-16(12)23-11-13-7-5-3-4-6-8-13/h9-10,13H,3-8,11H2,1-2H3,(H,19,20). The predicted molar refractivity (Wildman–Crippen MR) is 90.1 cm³/mol. The van der Waals surface area contributed by atoms with Gasteiger partial charge in [-0.3, -0.25) is 4.79 Å². The van der Waals surface area contributed by atoms with Crippen LogP contribution in [0.3, 0.4) is 0 Å². The summed E-state index contributed by atoms with van der Waals surface area (Å²) in [5, 5.41) is 0. The fourth-order valence-electron chi connectivity index (χ4n) is 2.95. The van der Waals surface area contributed by atoms with Crippen LogP contribution in [0.2, 0.25) is 0 Å². The maximum Gasteiger partial charge on any atom is 0.267 e. The third kappa shape index (κ3) is 5.47. The Hall–Kier alpha value is -1.63. The lowest BCUT2D eigenvalue weighted by Crippen LogP contribution is -2.30. The number of rotatable bonds is 5. The Bertz CT molecular complexity index is 695. The van der Waals surface area contributed by atoms with E-state index in [0.717, 1.165) is 25.2 Å². The molecule has 1 aliphatic rings. The molecule has 134 valence electrons. The number of nitrogens with one attached hydrogen (secondary N) is 1. The van der Waals surface area contributed by atoms with Gasteiger partial charge in [-0.15, -0.1) is 0 Å². The number of carbonyl (C=O) groups excluding carboxylic acids is 1. The number of ether oxygens (including phenoxy) is 1. The van der Waals surface area contributed by atoms with Gasteiger partial charge in [-0.05, 0) is 37.3 Å². The molecule has 1 fully saturated rings. The summed E-state index contributed by atoms with van der Waals surface area (Å²) >= 11 is 0. The number of amides is 1. The summed E-state index contributed by atoms with van der Waals surface area (Å²) in [5.41, 5.74) is 0.295. The zero-order valence-electron chi connectivity index (χ0n) is 14.1. The maximum absolute atomic E-state index is 14.2. The van der Waals surface area contributed by atoms with E-state index in [1.807, 2.05) is 0 Å². The van der Waals surface area contributed by atoms with Gasteiger partial charge in [0.15, 0.2) is 0 Å². The molecule has 0 saturated heterocycles. The number of carbonyl (C=O) groups is 1. The first-order chi connectivity index (χ1) is 11.3. The maximum atomic E-state index is 14.2. The van der Waals surface area contributed by atoms with Crippen molar-refractivity contribution in [2.45, 2.75) is 45.4 Å². The van der Waals surface area contributed by atoms with Crippen LogP contribution >= 0.6 is 0 Å². The van der Waals surface area contributed by atoms with Gasteiger partial charge < -0.3 is 4.74 Å². The second kappa shape index (κ2) is 7.96. The minimum Gasteiger partial charge on any atom is -0.493 e. The molecular weight excluding hydrogens is 333 g/mol. The fraction of sp³-hybridized carbons (Fsp3) is 0.588. The van der Waals surface area contributed by atoms with Crippen LogP contribution in [0, 0.1) is 18.7 Å². The zero-order chi connectivity index (χ0) is 17.7. The largest absolute Gasteiger partial charge is 0.493 e. The van der Waals surface area contributed by atoms with Crippen molar-refractivity contribution >= 4 is 15.9 Å². The molecule has 1 aromatic carbocycles. The summed E-state index contributed by atoms with van der Waals surface area (Å²) in [6, 6.07) is 2.47. The van der Waals surface area contributed by atoms with E-state index in [1.54, 1.807) is 11.6 Å². The molecule has 0 spiro atoms. The summed E-state index contributed by atoms with van der Waals surface area (Å²) in [4.78, 5) is 11.8. The van der Waals surface area contributed by atoms with E-state index in [-0.39, 0.29) is 5.56 Å². The molecule has 0 aromatic heterocycles. The van der Waals surface area contributed by atoms with E-state index in [4.69, 9.17) is 4.74 Å². The van der Waals surface area contributed by atoms with Gasteiger partial charge in [0.2, 0.25) is 10.0 Å². The molecule has 2 rings (SSSR count). The van der Waals surface area contributed by atoms with Crippen LogP contribution < -0.4 is 9.46 Å². The van der Waals surface area contributed by atoms with E-state index in [2.05, 4.69) is 0 Å². The van der Waals surface area contributed by atoms with Gasteiger partial charge in [-0.25, -0.2) is 17.5 Å². The van der Waals surface area contributed by atoms with Crippen LogP contribution in [0.15, 0.2) is 12.1 Å².